The molecule has 2 amide bonds. The van der Waals surface area contributed by atoms with Crippen molar-refractivity contribution in [2.24, 2.45) is 5.92 Å². The Balaban J connectivity index is 1.91. The Kier molecular flexibility index (Phi) is 6.46. The van der Waals surface area contributed by atoms with E-state index in [1.165, 1.54) is 0 Å². The predicted octanol–water partition coefficient (Wildman–Crippen LogP) is 3.38. The van der Waals surface area contributed by atoms with Gasteiger partial charge in [-0.2, -0.15) is 0 Å². The van der Waals surface area contributed by atoms with E-state index in [0.29, 0.717) is 30.5 Å². The van der Waals surface area contributed by atoms with Gasteiger partial charge >= 0.3 is 0 Å². The number of rotatable bonds is 6. The highest BCUT2D eigenvalue weighted by atomic mass is 35.5. The van der Waals surface area contributed by atoms with Crippen molar-refractivity contribution in [3.63, 3.8) is 0 Å². The molecule has 0 radical (unpaired) electrons. The lowest BCUT2D eigenvalue weighted by molar-refractivity contribution is -0.139. The summed E-state index contributed by atoms with van der Waals surface area (Å²) < 4.78 is 0. The monoisotopic (exact) mass is 336 g/mol. The molecular formula is C18H25ClN2O2. The molecule has 1 unspecified atom stereocenters. The van der Waals surface area contributed by atoms with Crippen molar-refractivity contribution >= 4 is 23.4 Å². The van der Waals surface area contributed by atoms with Gasteiger partial charge in [-0.15, -0.1) is 0 Å². The van der Waals surface area contributed by atoms with Crippen LogP contribution in [-0.2, 0) is 16.1 Å². The van der Waals surface area contributed by atoms with Gasteiger partial charge in [0.05, 0.1) is 0 Å². The van der Waals surface area contributed by atoms with Gasteiger partial charge in [0.2, 0.25) is 11.8 Å². The standard InChI is InChI=1S/C18H25ClN2O2/c1-3-13(2)10-17(22)21-9-5-8-16(21)18(23)20-12-14-6-4-7-15(19)11-14/h4,6-7,11,13,16H,3,5,8-10,12H2,1-2H3,(H,20,23)/t13?,16-/m0/s1. The molecule has 1 heterocycles. The summed E-state index contributed by atoms with van der Waals surface area (Å²) in [5, 5.41) is 3.58. The average Bonchev–Trinajstić information content (AvgIpc) is 3.02. The molecule has 23 heavy (non-hydrogen) atoms. The summed E-state index contributed by atoms with van der Waals surface area (Å²) in [6, 6.07) is 7.10. The second-order valence-corrected chi connectivity index (χ2v) is 6.75. The number of benzene rings is 1. The first kappa shape index (κ1) is 17.8. The normalized spacial score (nSPS) is 18.7. The van der Waals surface area contributed by atoms with Gasteiger partial charge in [0.1, 0.15) is 6.04 Å². The SMILES string of the molecule is CCC(C)CC(=O)N1CCC[C@H]1C(=O)NCc1cccc(Cl)c1. The van der Waals surface area contributed by atoms with Crippen molar-refractivity contribution in [1.82, 2.24) is 10.2 Å². The van der Waals surface area contributed by atoms with Crippen LogP contribution in [0.5, 0.6) is 0 Å². The van der Waals surface area contributed by atoms with E-state index in [9.17, 15) is 9.59 Å². The first-order valence-electron chi connectivity index (χ1n) is 8.33. The highest BCUT2D eigenvalue weighted by Gasteiger charge is 2.33. The fourth-order valence-corrected chi connectivity index (χ4v) is 3.06. The maximum Gasteiger partial charge on any atom is 0.243 e. The summed E-state index contributed by atoms with van der Waals surface area (Å²) in [6.45, 7) is 5.27. The molecule has 2 rings (SSSR count). The maximum absolute atomic E-state index is 12.4. The lowest BCUT2D eigenvalue weighted by Crippen LogP contribution is -2.46. The summed E-state index contributed by atoms with van der Waals surface area (Å²) in [5.41, 5.74) is 0.960. The van der Waals surface area contributed by atoms with Gasteiger partial charge in [-0.1, -0.05) is 44.0 Å². The average molecular weight is 337 g/mol. The Hall–Kier alpha value is -1.55. The summed E-state index contributed by atoms with van der Waals surface area (Å²) in [4.78, 5) is 26.6. The van der Waals surface area contributed by atoms with Crippen molar-refractivity contribution in [2.75, 3.05) is 6.54 Å². The highest BCUT2D eigenvalue weighted by molar-refractivity contribution is 6.30. The molecule has 2 atom stereocenters. The Labute approximate surface area is 143 Å². The molecule has 0 spiro atoms. The molecule has 1 fully saturated rings. The molecule has 0 saturated carbocycles. The first-order chi connectivity index (χ1) is 11.0. The third-order valence-corrected chi connectivity index (χ3v) is 4.69. The van der Waals surface area contributed by atoms with Crippen LogP contribution in [0.3, 0.4) is 0 Å². The van der Waals surface area contributed by atoms with Crippen LogP contribution in [0.25, 0.3) is 0 Å². The maximum atomic E-state index is 12.4. The number of nitrogens with zero attached hydrogens (tertiary/aromatic N) is 1. The largest absolute Gasteiger partial charge is 0.350 e. The fraction of sp³-hybridized carbons (Fsp3) is 0.556. The van der Waals surface area contributed by atoms with Crippen LogP contribution < -0.4 is 5.32 Å². The number of carbonyl (C=O) groups is 2. The van der Waals surface area contributed by atoms with Crippen molar-refractivity contribution < 1.29 is 9.59 Å². The Morgan fingerprint density at radius 2 is 2.22 bits per heavy atom. The molecule has 1 aliphatic heterocycles. The third kappa shape index (κ3) is 4.96. The van der Waals surface area contributed by atoms with E-state index in [4.69, 9.17) is 11.6 Å². The van der Waals surface area contributed by atoms with E-state index >= 15 is 0 Å². The van der Waals surface area contributed by atoms with Crippen LogP contribution in [0.1, 0.15) is 45.1 Å². The first-order valence-corrected chi connectivity index (χ1v) is 8.70. The topological polar surface area (TPSA) is 49.4 Å². The van der Waals surface area contributed by atoms with Crippen LogP contribution in [-0.4, -0.2) is 29.3 Å². The third-order valence-electron chi connectivity index (χ3n) is 4.45. The van der Waals surface area contributed by atoms with E-state index in [2.05, 4.69) is 19.2 Å². The minimum atomic E-state index is -0.328. The van der Waals surface area contributed by atoms with Crippen molar-refractivity contribution in [2.45, 2.75) is 52.1 Å². The van der Waals surface area contributed by atoms with Gasteiger partial charge in [0, 0.05) is 24.5 Å². The molecule has 0 aromatic heterocycles. The van der Waals surface area contributed by atoms with E-state index in [1.807, 2.05) is 18.2 Å². The smallest absolute Gasteiger partial charge is 0.243 e. The molecule has 1 aromatic rings. The summed E-state index contributed by atoms with van der Waals surface area (Å²) in [5.74, 6) is 0.387. The van der Waals surface area contributed by atoms with Gasteiger partial charge in [0.15, 0.2) is 0 Å². The van der Waals surface area contributed by atoms with Crippen LogP contribution in [0, 0.1) is 5.92 Å². The zero-order chi connectivity index (χ0) is 16.8. The van der Waals surface area contributed by atoms with Gasteiger partial charge in [0.25, 0.3) is 0 Å². The number of carbonyl (C=O) groups excluding carboxylic acids is 2. The minimum absolute atomic E-state index is 0.0695. The van der Waals surface area contributed by atoms with E-state index in [1.54, 1.807) is 11.0 Å². The Bertz CT molecular complexity index is 562. The molecule has 126 valence electrons. The summed E-state index contributed by atoms with van der Waals surface area (Å²) in [6.07, 6.45) is 3.13. The Morgan fingerprint density at radius 3 is 2.91 bits per heavy atom. The number of hydrogen-bond acceptors (Lipinski definition) is 2. The van der Waals surface area contributed by atoms with Crippen LogP contribution >= 0.6 is 11.6 Å². The fourth-order valence-electron chi connectivity index (χ4n) is 2.85. The van der Waals surface area contributed by atoms with Gasteiger partial charge in [-0.3, -0.25) is 9.59 Å². The quantitative estimate of drug-likeness (QED) is 0.865. The molecule has 4 nitrogen and oxygen atoms in total. The van der Waals surface area contributed by atoms with Crippen LogP contribution in [0.15, 0.2) is 24.3 Å². The van der Waals surface area contributed by atoms with Gasteiger partial charge in [-0.25, -0.2) is 0 Å². The molecule has 0 aliphatic carbocycles. The second kappa shape index (κ2) is 8.34. The summed E-state index contributed by atoms with van der Waals surface area (Å²) >= 11 is 5.95. The number of amides is 2. The van der Waals surface area contributed by atoms with E-state index in [-0.39, 0.29) is 17.9 Å². The lowest BCUT2D eigenvalue weighted by atomic mass is 10.0. The van der Waals surface area contributed by atoms with Crippen molar-refractivity contribution in [1.29, 1.82) is 0 Å². The number of halogens is 1. The molecule has 0 bridgehead atoms. The molecule has 1 N–H and O–H groups in total. The van der Waals surface area contributed by atoms with E-state index < -0.39 is 0 Å². The number of nitrogens with one attached hydrogen (secondary N) is 1. The molecule has 1 aromatic carbocycles. The molecule has 5 heteroatoms. The number of likely N-dealkylation sites (tertiary alicyclic amines) is 1. The molecule has 1 aliphatic rings. The van der Waals surface area contributed by atoms with Crippen molar-refractivity contribution in [3.05, 3.63) is 34.9 Å². The zero-order valence-corrected chi connectivity index (χ0v) is 14.6. The van der Waals surface area contributed by atoms with Gasteiger partial charge in [-0.05, 0) is 36.5 Å². The minimum Gasteiger partial charge on any atom is -0.350 e. The van der Waals surface area contributed by atoms with Gasteiger partial charge < -0.3 is 10.2 Å². The molecule has 1 saturated heterocycles. The highest BCUT2D eigenvalue weighted by Crippen LogP contribution is 2.21. The Morgan fingerprint density at radius 1 is 1.43 bits per heavy atom. The predicted molar refractivity (Wildman–Crippen MR) is 92.1 cm³/mol. The lowest BCUT2D eigenvalue weighted by Gasteiger charge is -2.25. The van der Waals surface area contributed by atoms with Crippen LogP contribution in [0.2, 0.25) is 5.02 Å². The van der Waals surface area contributed by atoms with Crippen LogP contribution in [0.4, 0.5) is 0 Å². The zero-order valence-electron chi connectivity index (χ0n) is 13.8. The van der Waals surface area contributed by atoms with Crippen molar-refractivity contribution in [3.8, 4) is 0 Å². The summed E-state index contributed by atoms with van der Waals surface area (Å²) in [7, 11) is 0. The second-order valence-electron chi connectivity index (χ2n) is 6.31. The van der Waals surface area contributed by atoms with E-state index in [0.717, 1.165) is 24.8 Å². The molecular weight excluding hydrogens is 312 g/mol. The number of hydrogen-bond donors (Lipinski definition) is 1.